The van der Waals surface area contributed by atoms with Crippen molar-refractivity contribution in [1.82, 2.24) is 15.0 Å². The lowest BCUT2D eigenvalue weighted by atomic mass is 10.2. The molecule has 6 heteroatoms. The van der Waals surface area contributed by atoms with E-state index in [1.165, 1.54) is 0 Å². The second-order valence-electron chi connectivity index (χ2n) is 3.67. The third kappa shape index (κ3) is 3.63. The summed E-state index contributed by atoms with van der Waals surface area (Å²) >= 11 is 11.4. The molecule has 0 aliphatic rings. The molecule has 94 valence electrons. The van der Waals surface area contributed by atoms with Gasteiger partial charge in [0, 0.05) is 0 Å². The summed E-state index contributed by atoms with van der Waals surface area (Å²) in [6.07, 6.45) is -0.303. The third-order valence-electron chi connectivity index (χ3n) is 2.30. The maximum absolute atomic E-state index is 5.71. The molecular formula is C12H11Cl2N3O. The maximum Gasteiger partial charge on any atom is 0.227 e. The van der Waals surface area contributed by atoms with E-state index < -0.39 is 0 Å². The minimum Gasteiger partial charge on any atom is -0.366 e. The van der Waals surface area contributed by atoms with Crippen molar-refractivity contribution in [3.8, 4) is 0 Å². The molecule has 1 heterocycles. The van der Waals surface area contributed by atoms with Crippen LogP contribution in [0.15, 0.2) is 30.3 Å². The molecule has 0 saturated heterocycles. The number of rotatable bonds is 4. The van der Waals surface area contributed by atoms with E-state index in [1.54, 1.807) is 0 Å². The summed E-state index contributed by atoms with van der Waals surface area (Å²) in [4.78, 5) is 11.6. The maximum atomic E-state index is 5.71. The molecule has 2 rings (SSSR count). The van der Waals surface area contributed by atoms with Gasteiger partial charge in [-0.25, -0.2) is 0 Å². The third-order valence-corrected chi connectivity index (χ3v) is 2.64. The largest absolute Gasteiger partial charge is 0.366 e. The van der Waals surface area contributed by atoms with Gasteiger partial charge in [-0.3, -0.25) is 0 Å². The first-order valence-corrected chi connectivity index (χ1v) is 6.13. The zero-order valence-electron chi connectivity index (χ0n) is 9.68. The van der Waals surface area contributed by atoms with Crippen molar-refractivity contribution < 1.29 is 4.74 Å². The van der Waals surface area contributed by atoms with Gasteiger partial charge in [0.15, 0.2) is 5.82 Å². The van der Waals surface area contributed by atoms with Gasteiger partial charge in [-0.2, -0.15) is 15.0 Å². The first kappa shape index (κ1) is 13.2. The number of benzene rings is 1. The average Bonchev–Trinajstić information content (AvgIpc) is 2.36. The highest BCUT2D eigenvalue weighted by molar-refractivity contribution is 6.30. The van der Waals surface area contributed by atoms with E-state index in [0.717, 1.165) is 5.56 Å². The number of halogens is 2. The fourth-order valence-electron chi connectivity index (χ4n) is 1.39. The van der Waals surface area contributed by atoms with Crippen LogP contribution in [0.4, 0.5) is 0 Å². The molecule has 0 bridgehead atoms. The Hall–Kier alpha value is -1.23. The summed E-state index contributed by atoms with van der Waals surface area (Å²) in [6.45, 7) is 2.31. The Morgan fingerprint density at radius 2 is 1.67 bits per heavy atom. The smallest absolute Gasteiger partial charge is 0.227 e. The van der Waals surface area contributed by atoms with Crippen LogP contribution >= 0.6 is 23.2 Å². The molecule has 18 heavy (non-hydrogen) atoms. The summed E-state index contributed by atoms with van der Waals surface area (Å²) < 4.78 is 5.65. The van der Waals surface area contributed by atoms with E-state index in [-0.39, 0.29) is 16.7 Å². The topological polar surface area (TPSA) is 47.9 Å². The molecule has 0 N–H and O–H groups in total. The molecule has 0 radical (unpaired) electrons. The fourth-order valence-corrected chi connectivity index (χ4v) is 1.77. The van der Waals surface area contributed by atoms with E-state index in [0.29, 0.717) is 12.4 Å². The van der Waals surface area contributed by atoms with E-state index in [9.17, 15) is 0 Å². The number of nitrogens with zero attached hydrogens (tertiary/aromatic N) is 3. The van der Waals surface area contributed by atoms with Gasteiger partial charge >= 0.3 is 0 Å². The van der Waals surface area contributed by atoms with Crippen LogP contribution in [0, 0.1) is 0 Å². The standard InChI is InChI=1S/C12H11Cl2N3O/c1-8(10-15-11(13)17-12(14)16-10)18-7-9-5-3-2-4-6-9/h2-6,8H,7H2,1H3. The van der Waals surface area contributed by atoms with Crippen molar-refractivity contribution >= 4 is 23.2 Å². The Morgan fingerprint density at radius 1 is 1.06 bits per heavy atom. The molecule has 0 aliphatic carbocycles. The van der Waals surface area contributed by atoms with E-state index >= 15 is 0 Å². The fraction of sp³-hybridized carbons (Fsp3) is 0.250. The molecule has 0 aliphatic heterocycles. The molecule has 0 saturated carbocycles. The van der Waals surface area contributed by atoms with E-state index in [2.05, 4.69) is 15.0 Å². The zero-order valence-corrected chi connectivity index (χ0v) is 11.2. The highest BCUT2D eigenvalue weighted by Gasteiger charge is 2.12. The minimum absolute atomic E-state index is 0.0696. The molecule has 0 amide bonds. The van der Waals surface area contributed by atoms with E-state index in [1.807, 2.05) is 37.3 Å². The second-order valence-corrected chi connectivity index (χ2v) is 4.35. The van der Waals surface area contributed by atoms with Gasteiger partial charge < -0.3 is 4.74 Å². The van der Waals surface area contributed by atoms with Gasteiger partial charge in [-0.15, -0.1) is 0 Å². The van der Waals surface area contributed by atoms with Crippen LogP contribution in [-0.2, 0) is 11.3 Å². The Bertz CT molecular complexity index is 502. The van der Waals surface area contributed by atoms with Crippen LogP contribution < -0.4 is 0 Å². The van der Waals surface area contributed by atoms with E-state index in [4.69, 9.17) is 27.9 Å². The summed E-state index contributed by atoms with van der Waals surface area (Å²) in [5.41, 5.74) is 1.08. The minimum atomic E-state index is -0.303. The molecule has 1 aromatic heterocycles. The van der Waals surface area contributed by atoms with Crippen molar-refractivity contribution in [1.29, 1.82) is 0 Å². The molecule has 4 nitrogen and oxygen atoms in total. The van der Waals surface area contributed by atoms with Gasteiger partial charge in [-0.05, 0) is 35.7 Å². The lowest BCUT2D eigenvalue weighted by molar-refractivity contribution is 0.0466. The Kier molecular flexibility index (Phi) is 4.47. The first-order chi connectivity index (χ1) is 8.65. The predicted octanol–water partition coefficient (Wildman–Crippen LogP) is 3.46. The lowest BCUT2D eigenvalue weighted by Crippen LogP contribution is -2.07. The van der Waals surface area contributed by atoms with Gasteiger partial charge in [0.05, 0.1) is 6.61 Å². The molecule has 0 fully saturated rings. The molecular weight excluding hydrogens is 273 g/mol. The lowest BCUT2D eigenvalue weighted by Gasteiger charge is -2.11. The molecule has 1 atom stereocenters. The zero-order chi connectivity index (χ0) is 13.0. The molecule has 1 unspecified atom stereocenters. The van der Waals surface area contributed by atoms with Crippen LogP contribution in [0.5, 0.6) is 0 Å². The van der Waals surface area contributed by atoms with Crippen LogP contribution in [0.1, 0.15) is 24.4 Å². The van der Waals surface area contributed by atoms with Gasteiger partial charge in [-0.1, -0.05) is 30.3 Å². The van der Waals surface area contributed by atoms with Crippen molar-refractivity contribution in [3.05, 3.63) is 52.3 Å². The highest BCUT2D eigenvalue weighted by Crippen LogP contribution is 2.17. The summed E-state index contributed by atoms with van der Waals surface area (Å²) in [7, 11) is 0. The van der Waals surface area contributed by atoms with Crippen LogP contribution in [0.25, 0.3) is 0 Å². The number of aromatic nitrogens is 3. The Labute approximate surface area is 115 Å². The molecule has 1 aromatic carbocycles. The first-order valence-electron chi connectivity index (χ1n) is 5.37. The van der Waals surface area contributed by atoms with Gasteiger partial charge in [0.1, 0.15) is 6.10 Å². The summed E-state index contributed by atoms with van der Waals surface area (Å²) in [5.74, 6) is 0.427. The summed E-state index contributed by atoms with van der Waals surface area (Å²) in [5, 5.41) is 0.139. The Balaban J connectivity index is 2.01. The second kappa shape index (κ2) is 6.09. The van der Waals surface area contributed by atoms with Gasteiger partial charge in [0.25, 0.3) is 0 Å². The van der Waals surface area contributed by atoms with Crippen molar-refractivity contribution in [2.75, 3.05) is 0 Å². The molecule has 0 spiro atoms. The average molecular weight is 284 g/mol. The van der Waals surface area contributed by atoms with Crippen molar-refractivity contribution in [2.45, 2.75) is 19.6 Å². The normalized spacial score (nSPS) is 12.4. The SMILES string of the molecule is CC(OCc1ccccc1)c1nc(Cl)nc(Cl)n1. The summed E-state index contributed by atoms with van der Waals surface area (Å²) in [6, 6.07) is 9.85. The van der Waals surface area contributed by atoms with Crippen LogP contribution in [0.3, 0.4) is 0 Å². The van der Waals surface area contributed by atoms with Crippen LogP contribution in [0.2, 0.25) is 10.6 Å². The van der Waals surface area contributed by atoms with Crippen molar-refractivity contribution in [3.63, 3.8) is 0 Å². The number of hydrogen-bond acceptors (Lipinski definition) is 4. The monoisotopic (exact) mass is 283 g/mol. The van der Waals surface area contributed by atoms with Gasteiger partial charge in [0.2, 0.25) is 10.6 Å². The van der Waals surface area contributed by atoms with Crippen LogP contribution in [-0.4, -0.2) is 15.0 Å². The number of ether oxygens (including phenoxy) is 1. The molecule has 2 aromatic rings. The number of hydrogen-bond donors (Lipinski definition) is 0. The highest BCUT2D eigenvalue weighted by atomic mass is 35.5. The quantitative estimate of drug-likeness (QED) is 0.862. The Morgan fingerprint density at radius 3 is 2.28 bits per heavy atom. The predicted molar refractivity (Wildman–Crippen MR) is 69.5 cm³/mol. The van der Waals surface area contributed by atoms with Crippen molar-refractivity contribution in [2.24, 2.45) is 0 Å².